The van der Waals surface area contributed by atoms with E-state index in [4.69, 9.17) is 0 Å². The monoisotopic (exact) mass is 319 g/mol. The summed E-state index contributed by atoms with van der Waals surface area (Å²) >= 11 is 0. The number of carbonyl (C=O) groups excluding carboxylic acids is 1. The molecule has 0 aliphatic carbocycles. The zero-order valence-electron chi connectivity index (χ0n) is 12.6. The summed E-state index contributed by atoms with van der Waals surface area (Å²) < 4.78 is 27.1. The number of sulfonamides is 1. The van der Waals surface area contributed by atoms with E-state index in [1.54, 1.807) is 33.2 Å². The minimum Gasteiger partial charge on any atom is -0.345 e. The third-order valence-corrected chi connectivity index (χ3v) is 4.36. The van der Waals surface area contributed by atoms with E-state index in [1.165, 1.54) is 35.4 Å². The highest BCUT2D eigenvalue weighted by Crippen LogP contribution is 2.17. The van der Waals surface area contributed by atoms with E-state index < -0.39 is 10.0 Å². The van der Waals surface area contributed by atoms with Crippen LogP contribution in [-0.4, -0.2) is 38.3 Å². The average molecular weight is 319 g/mol. The molecule has 0 saturated heterocycles. The minimum absolute atomic E-state index is 0.0947. The molecule has 116 valence electrons. The Morgan fingerprint density at radius 1 is 1.14 bits per heavy atom. The van der Waals surface area contributed by atoms with Crippen LogP contribution in [0.25, 0.3) is 0 Å². The lowest BCUT2D eigenvalue weighted by Gasteiger charge is -2.11. The summed E-state index contributed by atoms with van der Waals surface area (Å²) in [5, 5.41) is 0. The van der Waals surface area contributed by atoms with E-state index in [-0.39, 0.29) is 10.8 Å². The van der Waals surface area contributed by atoms with Crippen LogP contribution in [0, 0.1) is 6.92 Å². The van der Waals surface area contributed by atoms with E-state index in [1.807, 2.05) is 0 Å². The first-order valence-corrected chi connectivity index (χ1v) is 8.05. The largest absolute Gasteiger partial charge is 0.345 e. The van der Waals surface area contributed by atoms with Gasteiger partial charge in [0.05, 0.1) is 10.6 Å². The smallest absolute Gasteiger partial charge is 0.261 e. The van der Waals surface area contributed by atoms with Gasteiger partial charge in [-0.25, -0.2) is 8.42 Å². The third-order valence-electron chi connectivity index (χ3n) is 2.97. The SMILES string of the molecule is Cc1cc(NS(=O)(=O)c2ccc(C(=O)N(C)C)cc2)ccn1. The maximum atomic E-state index is 12.3. The van der Waals surface area contributed by atoms with E-state index in [0.29, 0.717) is 16.9 Å². The van der Waals surface area contributed by atoms with Crippen molar-refractivity contribution in [2.75, 3.05) is 18.8 Å². The van der Waals surface area contributed by atoms with Gasteiger partial charge in [-0.3, -0.25) is 14.5 Å². The Morgan fingerprint density at radius 3 is 2.32 bits per heavy atom. The van der Waals surface area contributed by atoms with Gasteiger partial charge in [0.2, 0.25) is 0 Å². The van der Waals surface area contributed by atoms with Gasteiger partial charge in [-0.1, -0.05) is 0 Å². The highest BCUT2D eigenvalue weighted by atomic mass is 32.2. The Kier molecular flexibility index (Phi) is 4.46. The number of carbonyl (C=O) groups is 1. The zero-order valence-corrected chi connectivity index (χ0v) is 13.4. The summed E-state index contributed by atoms with van der Waals surface area (Å²) in [5.74, 6) is -0.179. The van der Waals surface area contributed by atoms with Crippen molar-refractivity contribution in [1.82, 2.24) is 9.88 Å². The summed E-state index contributed by atoms with van der Waals surface area (Å²) in [7, 11) is -0.417. The van der Waals surface area contributed by atoms with Crippen molar-refractivity contribution in [2.45, 2.75) is 11.8 Å². The van der Waals surface area contributed by atoms with Crippen LogP contribution in [0.4, 0.5) is 5.69 Å². The molecule has 0 radical (unpaired) electrons. The van der Waals surface area contributed by atoms with Gasteiger partial charge in [-0.15, -0.1) is 0 Å². The van der Waals surface area contributed by atoms with Gasteiger partial charge in [0.25, 0.3) is 15.9 Å². The predicted molar refractivity (Wildman–Crippen MR) is 84.2 cm³/mol. The Bertz CT molecular complexity index is 784. The Hall–Kier alpha value is -2.41. The standard InChI is InChI=1S/C15H17N3O3S/c1-11-10-13(8-9-16-11)17-22(20,21)14-6-4-12(5-7-14)15(19)18(2)3/h4-10H,1-3H3,(H,16,17). The molecule has 6 nitrogen and oxygen atoms in total. The molecule has 0 aliphatic rings. The second kappa shape index (κ2) is 6.15. The van der Waals surface area contributed by atoms with Crippen LogP contribution in [0.1, 0.15) is 16.1 Å². The first kappa shape index (κ1) is 16.0. The van der Waals surface area contributed by atoms with Gasteiger partial charge in [-0.2, -0.15) is 0 Å². The molecule has 2 rings (SSSR count). The quantitative estimate of drug-likeness (QED) is 0.933. The lowest BCUT2D eigenvalue weighted by molar-refractivity contribution is 0.0827. The predicted octanol–water partition coefficient (Wildman–Crippen LogP) is 1.89. The lowest BCUT2D eigenvalue weighted by atomic mass is 10.2. The zero-order chi connectivity index (χ0) is 16.3. The number of hydrogen-bond acceptors (Lipinski definition) is 4. The summed E-state index contributed by atoms with van der Waals surface area (Å²) in [6.45, 7) is 1.78. The number of hydrogen-bond donors (Lipinski definition) is 1. The molecule has 7 heteroatoms. The molecule has 22 heavy (non-hydrogen) atoms. The normalized spacial score (nSPS) is 11.0. The molecule has 0 saturated carbocycles. The number of nitrogens with one attached hydrogen (secondary N) is 1. The van der Waals surface area contributed by atoms with Crippen molar-refractivity contribution in [2.24, 2.45) is 0 Å². The maximum absolute atomic E-state index is 12.3. The maximum Gasteiger partial charge on any atom is 0.261 e. The molecule has 0 bridgehead atoms. The fourth-order valence-electron chi connectivity index (χ4n) is 1.86. The van der Waals surface area contributed by atoms with Gasteiger partial charge < -0.3 is 4.90 Å². The summed E-state index contributed by atoms with van der Waals surface area (Å²) in [6.07, 6.45) is 1.53. The van der Waals surface area contributed by atoms with Gasteiger partial charge in [0, 0.05) is 31.5 Å². The van der Waals surface area contributed by atoms with Crippen molar-refractivity contribution in [3.63, 3.8) is 0 Å². The van der Waals surface area contributed by atoms with Crippen molar-refractivity contribution < 1.29 is 13.2 Å². The Labute approximate surface area is 129 Å². The molecule has 0 unspecified atom stereocenters. The Balaban J connectivity index is 2.25. The van der Waals surface area contributed by atoms with E-state index in [0.717, 1.165) is 0 Å². The van der Waals surface area contributed by atoms with Crippen LogP contribution in [-0.2, 0) is 10.0 Å². The topological polar surface area (TPSA) is 79.4 Å². The number of rotatable bonds is 4. The highest BCUT2D eigenvalue weighted by molar-refractivity contribution is 7.92. The number of nitrogens with zero attached hydrogens (tertiary/aromatic N) is 2. The lowest BCUT2D eigenvalue weighted by Crippen LogP contribution is -2.21. The number of aryl methyl sites for hydroxylation is 1. The van der Waals surface area contributed by atoms with Crippen LogP contribution in [0.2, 0.25) is 0 Å². The van der Waals surface area contributed by atoms with Crippen molar-refractivity contribution in [1.29, 1.82) is 0 Å². The van der Waals surface area contributed by atoms with E-state index in [9.17, 15) is 13.2 Å². The number of benzene rings is 1. The van der Waals surface area contributed by atoms with Crippen LogP contribution < -0.4 is 4.72 Å². The molecule has 1 amide bonds. The average Bonchev–Trinajstić information content (AvgIpc) is 2.46. The van der Waals surface area contributed by atoms with Gasteiger partial charge in [0.1, 0.15) is 0 Å². The van der Waals surface area contributed by atoms with Gasteiger partial charge >= 0.3 is 0 Å². The molecule has 1 aromatic heterocycles. The number of aromatic nitrogens is 1. The molecular formula is C15H17N3O3S. The molecule has 1 aromatic carbocycles. The van der Waals surface area contributed by atoms with Crippen LogP contribution in [0.15, 0.2) is 47.5 Å². The number of pyridine rings is 1. The molecule has 2 aromatic rings. The van der Waals surface area contributed by atoms with Gasteiger partial charge in [-0.05, 0) is 43.3 Å². The van der Waals surface area contributed by atoms with E-state index in [2.05, 4.69) is 9.71 Å². The molecule has 0 spiro atoms. The summed E-state index contributed by atoms with van der Waals surface area (Å²) in [4.78, 5) is 17.3. The molecule has 1 N–H and O–H groups in total. The fourth-order valence-corrected chi connectivity index (χ4v) is 2.91. The van der Waals surface area contributed by atoms with Crippen LogP contribution in [0.3, 0.4) is 0 Å². The van der Waals surface area contributed by atoms with Crippen molar-refractivity contribution >= 4 is 21.6 Å². The van der Waals surface area contributed by atoms with Crippen LogP contribution >= 0.6 is 0 Å². The first-order chi connectivity index (χ1) is 10.3. The Morgan fingerprint density at radius 2 is 1.77 bits per heavy atom. The minimum atomic E-state index is -3.70. The number of amides is 1. The highest BCUT2D eigenvalue weighted by Gasteiger charge is 2.15. The fraction of sp³-hybridized carbons (Fsp3) is 0.200. The molecular weight excluding hydrogens is 302 g/mol. The third kappa shape index (κ3) is 3.62. The second-order valence-electron chi connectivity index (χ2n) is 5.02. The first-order valence-electron chi connectivity index (χ1n) is 6.57. The summed E-state index contributed by atoms with van der Waals surface area (Å²) in [6, 6.07) is 9.03. The molecule has 0 aliphatic heterocycles. The molecule has 0 fully saturated rings. The number of anilines is 1. The molecule has 0 atom stereocenters. The van der Waals surface area contributed by atoms with E-state index >= 15 is 0 Å². The van der Waals surface area contributed by atoms with Crippen molar-refractivity contribution in [3.05, 3.63) is 53.9 Å². The second-order valence-corrected chi connectivity index (χ2v) is 6.70. The van der Waals surface area contributed by atoms with Gasteiger partial charge in [0.15, 0.2) is 0 Å². The summed E-state index contributed by atoms with van der Waals surface area (Å²) in [5.41, 5.74) is 1.59. The van der Waals surface area contributed by atoms with Crippen molar-refractivity contribution in [3.8, 4) is 0 Å². The van der Waals surface area contributed by atoms with Crippen LogP contribution in [0.5, 0.6) is 0 Å². The molecule has 1 heterocycles.